The largest absolute Gasteiger partial charge is 0.380 e. The number of aromatic amines is 1. The van der Waals surface area contributed by atoms with Gasteiger partial charge in [-0.3, -0.25) is 9.89 Å². The minimum absolute atomic E-state index is 0.203. The smallest absolute Gasteiger partial charge is 0.232 e. The lowest BCUT2D eigenvalue weighted by molar-refractivity contribution is -0.164. The molecule has 158 valence electrons. The van der Waals surface area contributed by atoms with Gasteiger partial charge in [-0.25, -0.2) is 9.07 Å². The third kappa shape index (κ3) is 3.59. The fraction of sp³-hybridized carbons (Fsp3) is 0.364. The summed E-state index contributed by atoms with van der Waals surface area (Å²) in [7, 11) is 0. The molecule has 3 aromatic rings. The number of nitriles is 1. The number of aromatic nitrogens is 4. The predicted octanol–water partition coefficient (Wildman–Crippen LogP) is 3.24. The van der Waals surface area contributed by atoms with Gasteiger partial charge < -0.3 is 10.1 Å². The van der Waals surface area contributed by atoms with Crippen molar-refractivity contribution in [3.05, 3.63) is 59.3 Å². The fourth-order valence-corrected chi connectivity index (χ4v) is 4.30. The minimum atomic E-state index is -0.520. The first-order chi connectivity index (χ1) is 14.9. The van der Waals surface area contributed by atoms with Crippen LogP contribution in [0.25, 0.3) is 5.69 Å². The number of carbonyl (C=O) groups excluding carboxylic acids is 1. The van der Waals surface area contributed by atoms with Crippen LogP contribution < -0.4 is 5.32 Å². The lowest BCUT2D eigenvalue weighted by atomic mass is 9.60. The average Bonchev–Trinajstić information content (AvgIpc) is 3.35. The molecular formula is C22H21FN6O2. The second-order valence-corrected chi connectivity index (χ2v) is 8.55. The number of nitrogens with one attached hydrogen (secondary N) is 2. The number of rotatable bonds is 5. The van der Waals surface area contributed by atoms with Crippen LogP contribution in [0.15, 0.2) is 36.7 Å². The molecule has 31 heavy (non-hydrogen) atoms. The number of benzene rings is 1. The highest BCUT2D eigenvalue weighted by Gasteiger charge is 2.50. The maximum atomic E-state index is 13.7. The van der Waals surface area contributed by atoms with Crippen LogP contribution in [0.1, 0.15) is 48.4 Å². The van der Waals surface area contributed by atoms with E-state index >= 15 is 0 Å². The van der Waals surface area contributed by atoms with Crippen molar-refractivity contribution in [3.63, 3.8) is 0 Å². The summed E-state index contributed by atoms with van der Waals surface area (Å²) in [5.41, 5.74) is 2.69. The van der Waals surface area contributed by atoms with Crippen molar-refractivity contribution >= 4 is 11.7 Å². The van der Waals surface area contributed by atoms with Crippen molar-refractivity contribution in [2.24, 2.45) is 5.41 Å². The Hall–Kier alpha value is -3.51. The number of carbonyl (C=O) groups is 1. The Bertz CT molecular complexity index is 1180. The summed E-state index contributed by atoms with van der Waals surface area (Å²) in [5.74, 6) is -0.298. The van der Waals surface area contributed by atoms with Gasteiger partial charge in [0.25, 0.3) is 0 Å². The molecule has 8 nitrogen and oxygen atoms in total. The monoisotopic (exact) mass is 420 g/mol. The van der Waals surface area contributed by atoms with Gasteiger partial charge in [-0.2, -0.15) is 15.5 Å². The molecule has 5 rings (SSSR count). The van der Waals surface area contributed by atoms with Crippen LogP contribution in [0.5, 0.6) is 0 Å². The molecule has 3 heterocycles. The van der Waals surface area contributed by atoms with Gasteiger partial charge in [0.15, 0.2) is 5.82 Å². The van der Waals surface area contributed by atoms with Gasteiger partial charge in [0, 0.05) is 34.9 Å². The zero-order chi connectivity index (χ0) is 21.6. The normalized spacial score (nSPS) is 18.1. The molecule has 1 saturated heterocycles. The SMILES string of the molecule is C[C@H](C(=O)Nc1cc(C2CC3(COC3)C2)[nH]n1)c1cnn(-c2cc(F)cc(C#N)c2)c1. The zero-order valence-corrected chi connectivity index (χ0v) is 16.9. The van der Waals surface area contributed by atoms with E-state index in [4.69, 9.17) is 10.00 Å². The average molecular weight is 420 g/mol. The molecule has 1 aromatic carbocycles. The van der Waals surface area contributed by atoms with E-state index in [0.717, 1.165) is 37.8 Å². The standard InChI is InChI=1S/C22H21FN6O2/c1-13(16-9-25-29(10-16)18-3-14(8-24)2-17(23)4-18)21(30)26-20-5-19(27-28-20)15-6-22(7-15)11-31-12-22/h2-5,9-10,13,15H,6-7,11-12H2,1H3,(H2,26,27,28,30)/t13-/m0/s1. The van der Waals surface area contributed by atoms with Gasteiger partial charge in [-0.1, -0.05) is 0 Å². The van der Waals surface area contributed by atoms with E-state index in [1.165, 1.54) is 16.8 Å². The van der Waals surface area contributed by atoms with Crippen LogP contribution >= 0.6 is 0 Å². The quantitative estimate of drug-likeness (QED) is 0.659. The molecular weight excluding hydrogens is 399 g/mol. The molecule has 0 radical (unpaired) electrons. The second-order valence-electron chi connectivity index (χ2n) is 8.55. The van der Waals surface area contributed by atoms with Gasteiger partial charge in [0.05, 0.1) is 42.6 Å². The Morgan fingerprint density at radius 1 is 1.39 bits per heavy atom. The first-order valence-electron chi connectivity index (χ1n) is 10.1. The first-order valence-corrected chi connectivity index (χ1v) is 10.1. The maximum absolute atomic E-state index is 13.7. The second kappa shape index (κ2) is 7.32. The third-order valence-corrected chi connectivity index (χ3v) is 6.24. The van der Waals surface area contributed by atoms with Crippen molar-refractivity contribution in [3.8, 4) is 11.8 Å². The first kappa shape index (κ1) is 19.5. The van der Waals surface area contributed by atoms with E-state index in [9.17, 15) is 9.18 Å². The number of amides is 1. The fourth-order valence-electron chi connectivity index (χ4n) is 4.30. The molecule has 1 spiro atoms. The molecule has 2 aromatic heterocycles. The molecule has 1 aliphatic heterocycles. The molecule has 0 unspecified atom stereocenters. The molecule has 1 saturated carbocycles. The zero-order valence-electron chi connectivity index (χ0n) is 16.9. The number of hydrogen-bond acceptors (Lipinski definition) is 5. The highest BCUT2D eigenvalue weighted by atomic mass is 19.1. The van der Waals surface area contributed by atoms with E-state index < -0.39 is 11.7 Å². The molecule has 2 N–H and O–H groups in total. The summed E-state index contributed by atoms with van der Waals surface area (Å²) in [5, 5.41) is 23.3. The van der Waals surface area contributed by atoms with Crippen molar-refractivity contribution in [1.29, 1.82) is 5.26 Å². The summed E-state index contributed by atoms with van der Waals surface area (Å²) in [6, 6.07) is 7.79. The van der Waals surface area contributed by atoms with Gasteiger partial charge in [-0.05, 0) is 38.0 Å². The molecule has 1 atom stereocenters. The number of anilines is 1. The topological polar surface area (TPSA) is 109 Å². The lowest BCUT2D eigenvalue weighted by Gasteiger charge is -2.53. The Morgan fingerprint density at radius 3 is 2.90 bits per heavy atom. The Morgan fingerprint density at radius 2 is 2.19 bits per heavy atom. The molecule has 1 aliphatic carbocycles. The molecule has 1 amide bonds. The predicted molar refractivity (Wildman–Crippen MR) is 109 cm³/mol. The highest BCUT2D eigenvalue weighted by molar-refractivity contribution is 5.94. The number of hydrogen-bond donors (Lipinski definition) is 2. The van der Waals surface area contributed by atoms with E-state index in [-0.39, 0.29) is 11.5 Å². The Labute approximate surface area is 178 Å². The van der Waals surface area contributed by atoms with Crippen LogP contribution in [-0.2, 0) is 9.53 Å². The molecule has 0 bridgehead atoms. The molecule has 2 aliphatic rings. The Kier molecular flexibility index (Phi) is 4.59. The number of halogens is 1. The van der Waals surface area contributed by atoms with Crippen molar-refractivity contribution in [2.75, 3.05) is 18.5 Å². The van der Waals surface area contributed by atoms with Crippen molar-refractivity contribution in [1.82, 2.24) is 20.0 Å². The van der Waals surface area contributed by atoms with Crippen LogP contribution in [0.4, 0.5) is 10.2 Å². The van der Waals surface area contributed by atoms with Crippen LogP contribution in [0.3, 0.4) is 0 Å². The number of ether oxygens (including phenoxy) is 1. The van der Waals surface area contributed by atoms with Crippen LogP contribution in [0, 0.1) is 22.6 Å². The van der Waals surface area contributed by atoms with Gasteiger partial charge in [0.1, 0.15) is 5.82 Å². The summed E-state index contributed by atoms with van der Waals surface area (Å²) >= 11 is 0. The Balaban J connectivity index is 1.24. The third-order valence-electron chi connectivity index (χ3n) is 6.24. The van der Waals surface area contributed by atoms with Gasteiger partial charge in [0.2, 0.25) is 5.91 Å². The van der Waals surface area contributed by atoms with Crippen molar-refractivity contribution in [2.45, 2.75) is 31.6 Å². The van der Waals surface area contributed by atoms with E-state index in [0.29, 0.717) is 28.4 Å². The van der Waals surface area contributed by atoms with Crippen molar-refractivity contribution < 1.29 is 13.9 Å². The van der Waals surface area contributed by atoms with E-state index in [1.807, 2.05) is 12.1 Å². The summed E-state index contributed by atoms with van der Waals surface area (Å²) in [6.07, 6.45) is 5.40. The minimum Gasteiger partial charge on any atom is -0.380 e. The van der Waals surface area contributed by atoms with E-state index in [2.05, 4.69) is 20.6 Å². The molecule has 2 fully saturated rings. The van der Waals surface area contributed by atoms with Crippen LogP contribution in [0.2, 0.25) is 0 Å². The van der Waals surface area contributed by atoms with Crippen LogP contribution in [-0.4, -0.2) is 39.1 Å². The lowest BCUT2D eigenvalue weighted by Crippen LogP contribution is -2.51. The van der Waals surface area contributed by atoms with Gasteiger partial charge >= 0.3 is 0 Å². The summed E-state index contributed by atoms with van der Waals surface area (Å²) < 4.78 is 20.5. The maximum Gasteiger partial charge on any atom is 0.232 e. The van der Waals surface area contributed by atoms with Gasteiger partial charge in [-0.15, -0.1) is 0 Å². The van der Waals surface area contributed by atoms with E-state index in [1.54, 1.807) is 19.3 Å². The number of nitrogens with zero attached hydrogens (tertiary/aromatic N) is 4. The highest BCUT2D eigenvalue weighted by Crippen LogP contribution is 2.54. The summed E-state index contributed by atoms with van der Waals surface area (Å²) in [6.45, 7) is 3.46. The molecule has 9 heteroatoms. The number of H-pyrrole nitrogens is 1. The summed E-state index contributed by atoms with van der Waals surface area (Å²) in [4.78, 5) is 12.7.